The van der Waals surface area contributed by atoms with E-state index in [0.717, 1.165) is 13.1 Å². The molecule has 94 valence electrons. The number of aromatic nitrogens is 1. The van der Waals surface area contributed by atoms with Crippen LogP contribution in [0.1, 0.15) is 29.1 Å². The normalized spacial score (nSPS) is 16.4. The van der Waals surface area contributed by atoms with Crippen LogP contribution in [-0.4, -0.2) is 34.0 Å². The summed E-state index contributed by atoms with van der Waals surface area (Å²) in [5.74, 6) is -0.384. The second kappa shape index (κ2) is 4.42. The van der Waals surface area contributed by atoms with Crippen LogP contribution in [0.5, 0.6) is 0 Å². The number of carbonyl (C=O) groups is 1. The van der Waals surface area contributed by atoms with Crippen LogP contribution in [0.4, 0.5) is 0 Å². The highest BCUT2D eigenvalue weighted by molar-refractivity contribution is 5.99. The number of fused-ring (bicyclic) bond motifs is 1. The molecule has 0 spiro atoms. The van der Waals surface area contributed by atoms with Gasteiger partial charge < -0.3 is 9.52 Å². The fourth-order valence-electron chi connectivity index (χ4n) is 2.36. The molecule has 0 bridgehead atoms. The number of benzene rings is 1. The van der Waals surface area contributed by atoms with E-state index in [1.165, 1.54) is 18.9 Å². The molecule has 1 aliphatic rings. The highest BCUT2D eigenvalue weighted by Gasteiger charge is 2.18. The molecule has 0 aliphatic carbocycles. The molecule has 1 aromatic heterocycles. The van der Waals surface area contributed by atoms with Crippen LogP contribution in [0.25, 0.3) is 11.1 Å². The lowest BCUT2D eigenvalue weighted by Crippen LogP contribution is -2.18. The highest BCUT2D eigenvalue weighted by Crippen LogP contribution is 2.21. The van der Waals surface area contributed by atoms with Gasteiger partial charge in [-0.1, -0.05) is 6.07 Å². The van der Waals surface area contributed by atoms with Crippen molar-refractivity contribution in [3.8, 4) is 0 Å². The smallest absolute Gasteiger partial charge is 0.339 e. The molecule has 0 unspecified atom stereocenters. The van der Waals surface area contributed by atoms with E-state index in [9.17, 15) is 4.79 Å². The maximum atomic E-state index is 11.1. The summed E-state index contributed by atoms with van der Waals surface area (Å²) >= 11 is 0. The van der Waals surface area contributed by atoms with Gasteiger partial charge in [0, 0.05) is 0 Å². The third kappa shape index (κ3) is 1.97. The van der Waals surface area contributed by atoms with Gasteiger partial charge in [0.25, 0.3) is 0 Å². The van der Waals surface area contributed by atoms with Crippen LogP contribution in [0, 0.1) is 0 Å². The van der Waals surface area contributed by atoms with Gasteiger partial charge in [-0.2, -0.15) is 0 Å². The molecule has 0 amide bonds. The summed E-state index contributed by atoms with van der Waals surface area (Å²) in [5.41, 5.74) is 1.16. The minimum atomic E-state index is -0.982. The summed E-state index contributed by atoms with van der Waals surface area (Å²) in [5, 5.41) is 9.08. The van der Waals surface area contributed by atoms with E-state index in [1.54, 1.807) is 12.1 Å². The highest BCUT2D eigenvalue weighted by atomic mass is 16.4. The third-order valence-electron chi connectivity index (χ3n) is 3.25. The van der Waals surface area contributed by atoms with Crippen molar-refractivity contribution in [3.05, 3.63) is 29.7 Å². The first-order valence-corrected chi connectivity index (χ1v) is 6.08. The Kier molecular flexibility index (Phi) is 2.76. The fourth-order valence-corrected chi connectivity index (χ4v) is 2.36. The summed E-state index contributed by atoms with van der Waals surface area (Å²) in [4.78, 5) is 17.7. The van der Waals surface area contributed by atoms with Crippen LogP contribution in [0.15, 0.2) is 22.6 Å². The summed E-state index contributed by atoms with van der Waals surface area (Å²) in [6.45, 7) is 2.78. The summed E-state index contributed by atoms with van der Waals surface area (Å²) < 4.78 is 5.59. The first-order chi connectivity index (χ1) is 8.74. The third-order valence-corrected chi connectivity index (χ3v) is 3.25. The second-order valence-corrected chi connectivity index (χ2v) is 4.55. The fraction of sp³-hybridized carbons (Fsp3) is 0.385. The number of para-hydroxylation sites is 1. The van der Waals surface area contributed by atoms with E-state index >= 15 is 0 Å². The van der Waals surface area contributed by atoms with Crippen molar-refractivity contribution < 1.29 is 14.3 Å². The number of nitrogens with zero attached hydrogens (tertiary/aromatic N) is 2. The number of carboxylic acids is 1. The van der Waals surface area contributed by atoms with Crippen LogP contribution in [0.3, 0.4) is 0 Å². The SMILES string of the molecule is O=C(O)c1cccc2nc(CN3CCCC3)oc12. The Labute approximate surface area is 104 Å². The number of likely N-dealkylation sites (tertiary alicyclic amines) is 1. The monoisotopic (exact) mass is 246 g/mol. The Morgan fingerprint density at radius 3 is 2.89 bits per heavy atom. The molecule has 5 nitrogen and oxygen atoms in total. The van der Waals surface area contributed by atoms with Gasteiger partial charge >= 0.3 is 5.97 Å². The quantitative estimate of drug-likeness (QED) is 0.898. The zero-order valence-electron chi connectivity index (χ0n) is 9.93. The Morgan fingerprint density at radius 2 is 2.17 bits per heavy atom. The van der Waals surface area contributed by atoms with Gasteiger partial charge in [0.2, 0.25) is 5.89 Å². The Hall–Kier alpha value is -1.88. The predicted octanol–water partition coefficient (Wildman–Crippen LogP) is 2.12. The molecule has 0 radical (unpaired) electrons. The van der Waals surface area contributed by atoms with Crippen molar-refractivity contribution in [3.63, 3.8) is 0 Å². The maximum absolute atomic E-state index is 11.1. The van der Waals surface area contributed by atoms with Gasteiger partial charge in [-0.05, 0) is 38.1 Å². The molecular formula is C13H14N2O3. The minimum Gasteiger partial charge on any atom is -0.478 e. The van der Waals surface area contributed by atoms with Crippen LogP contribution < -0.4 is 0 Å². The summed E-state index contributed by atoms with van der Waals surface area (Å²) in [6, 6.07) is 5.00. The predicted molar refractivity (Wildman–Crippen MR) is 65.5 cm³/mol. The maximum Gasteiger partial charge on any atom is 0.339 e. The topological polar surface area (TPSA) is 66.6 Å². The standard InChI is InChI=1S/C13H14N2O3/c16-13(17)9-4-3-5-10-12(9)18-11(14-10)8-15-6-1-2-7-15/h3-5H,1-2,6-8H2,(H,16,17). The van der Waals surface area contributed by atoms with E-state index in [2.05, 4.69) is 9.88 Å². The number of hydrogen-bond donors (Lipinski definition) is 1. The number of oxazole rings is 1. The van der Waals surface area contributed by atoms with Crippen LogP contribution >= 0.6 is 0 Å². The Balaban J connectivity index is 1.94. The lowest BCUT2D eigenvalue weighted by atomic mass is 10.2. The van der Waals surface area contributed by atoms with Gasteiger partial charge in [0.1, 0.15) is 11.1 Å². The lowest BCUT2D eigenvalue weighted by molar-refractivity contribution is 0.0698. The molecule has 1 aliphatic heterocycles. The van der Waals surface area contributed by atoms with Crippen molar-refractivity contribution >= 4 is 17.1 Å². The van der Waals surface area contributed by atoms with Crippen molar-refractivity contribution in [2.24, 2.45) is 0 Å². The Morgan fingerprint density at radius 1 is 1.39 bits per heavy atom. The minimum absolute atomic E-state index is 0.174. The first kappa shape index (κ1) is 11.2. The van der Waals surface area contributed by atoms with Crippen molar-refractivity contribution in [2.45, 2.75) is 19.4 Å². The van der Waals surface area contributed by atoms with Crippen LogP contribution in [-0.2, 0) is 6.54 Å². The molecule has 1 N–H and O–H groups in total. The van der Waals surface area contributed by atoms with E-state index in [1.807, 2.05) is 0 Å². The zero-order chi connectivity index (χ0) is 12.5. The zero-order valence-corrected chi connectivity index (χ0v) is 9.93. The molecule has 1 aromatic carbocycles. The second-order valence-electron chi connectivity index (χ2n) is 4.55. The van der Waals surface area contributed by atoms with Gasteiger partial charge in [0.15, 0.2) is 5.58 Å². The van der Waals surface area contributed by atoms with Gasteiger partial charge in [-0.15, -0.1) is 0 Å². The lowest BCUT2D eigenvalue weighted by Gasteiger charge is -2.10. The molecule has 5 heteroatoms. The number of aromatic carboxylic acids is 1. The average molecular weight is 246 g/mol. The first-order valence-electron chi connectivity index (χ1n) is 6.08. The van der Waals surface area contributed by atoms with E-state index in [0.29, 0.717) is 23.5 Å². The number of carboxylic acid groups (broad SMARTS) is 1. The van der Waals surface area contributed by atoms with Crippen molar-refractivity contribution in [1.82, 2.24) is 9.88 Å². The van der Waals surface area contributed by atoms with E-state index in [4.69, 9.17) is 9.52 Å². The Bertz CT molecular complexity index is 585. The van der Waals surface area contributed by atoms with Crippen LogP contribution in [0.2, 0.25) is 0 Å². The molecule has 0 saturated carbocycles. The number of rotatable bonds is 3. The molecule has 18 heavy (non-hydrogen) atoms. The molecule has 1 fully saturated rings. The van der Waals surface area contributed by atoms with Gasteiger partial charge in [0.05, 0.1) is 6.54 Å². The molecule has 0 atom stereocenters. The molecule has 1 saturated heterocycles. The number of hydrogen-bond acceptors (Lipinski definition) is 4. The van der Waals surface area contributed by atoms with Gasteiger partial charge in [-0.3, -0.25) is 4.90 Å². The van der Waals surface area contributed by atoms with E-state index in [-0.39, 0.29) is 5.56 Å². The summed E-state index contributed by atoms with van der Waals surface area (Å²) in [6.07, 6.45) is 2.42. The molecular weight excluding hydrogens is 232 g/mol. The summed E-state index contributed by atoms with van der Waals surface area (Å²) in [7, 11) is 0. The average Bonchev–Trinajstić information content (AvgIpc) is 2.96. The van der Waals surface area contributed by atoms with Crippen molar-refractivity contribution in [1.29, 1.82) is 0 Å². The molecule has 3 rings (SSSR count). The largest absolute Gasteiger partial charge is 0.478 e. The molecule has 2 heterocycles. The van der Waals surface area contributed by atoms with Gasteiger partial charge in [-0.25, -0.2) is 9.78 Å². The molecule has 2 aromatic rings. The van der Waals surface area contributed by atoms with E-state index < -0.39 is 5.97 Å². The van der Waals surface area contributed by atoms with Crippen molar-refractivity contribution in [2.75, 3.05) is 13.1 Å².